The third-order valence-corrected chi connectivity index (χ3v) is 9.09. The molecule has 20 heavy (non-hydrogen) atoms. The minimum Gasteiger partial charge on any atom is -0.480 e. The van der Waals surface area contributed by atoms with E-state index in [4.69, 9.17) is 9.53 Å². The van der Waals surface area contributed by atoms with E-state index in [0.29, 0.717) is 19.4 Å². The van der Waals surface area contributed by atoms with Crippen molar-refractivity contribution in [2.45, 2.75) is 70.8 Å². The van der Waals surface area contributed by atoms with Crippen molar-refractivity contribution >= 4 is 20.2 Å². The van der Waals surface area contributed by atoms with Gasteiger partial charge in [-0.25, -0.2) is 4.79 Å². The zero-order valence-corrected chi connectivity index (χ0v) is 14.4. The van der Waals surface area contributed by atoms with Crippen LogP contribution in [0.1, 0.15) is 40.5 Å². The molecule has 116 valence electrons. The predicted octanol–water partition coefficient (Wildman–Crippen LogP) is 2.47. The van der Waals surface area contributed by atoms with Gasteiger partial charge in [0.15, 0.2) is 8.32 Å². The minimum atomic E-state index is -1.87. The van der Waals surface area contributed by atoms with Crippen molar-refractivity contribution in [1.29, 1.82) is 0 Å². The molecule has 1 fully saturated rings. The van der Waals surface area contributed by atoms with Crippen LogP contribution in [0.3, 0.4) is 0 Å². The van der Waals surface area contributed by atoms with E-state index in [1.807, 2.05) is 0 Å². The Hall–Kier alpha value is -0.883. The zero-order chi connectivity index (χ0) is 15.7. The van der Waals surface area contributed by atoms with Crippen molar-refractivity contribution < 1.29 is 19.1 Å². The molecule has 1 rings (SSSR count). The molecule has 5 nitrogen and oxygen atoms in total. The summed E-state index contributed by atoms with van der Waals surface area (Å²) in [7, 11) is -1.87. The van der Waals surface area contributed by atoms with Gasteiger partial charge in [0.1, 0.15) is 6.04 Å². The van der Waals surface area contributed by atoms with E-state index in [2.05, 4.69) is 33.9 Å². The number of likely N-dealkylation sites (tertiary alicyclic amines) is 1. The summed E-state index contributed by atoms with van der Waals surface area (Å²) in [5.74, 6) is -1.04. The van der Waals surface area contributed by atoms with Crippen LogP contribution in [-0.2, 0) is 14.0 Å². The summed E-state index contributed by atoms with van der Waals surface area (Å²) >= 11 is 0. The number of aliphatic carboxylic acids is 1. The number of hydrogen-bond donors (Lipinski definition) is 1. The fraction of sp³-hybridized carbons (Fsp3) is 0.857. The van der Waals surface area contributed by atoms with E-state index in [9.17, 15) is 9.59 Å². The molecular formula is C14H27NO4Si. The van der Waals surface area contributed by atoms with Crippen molar-refractivity contribution in [3.8, 4) is 0 Å². The van der Waals surface area contributed by atoms with Crippen LogP contribution >= 0.6 is 0 Å². The van der Waals surface area contributed by atoms with Crippen molar-refractivity contribution in [3.05, 3.63) is 0 Å². The highest BCUT2D eigenvalue weighted by molar-refractivity contribution is 6.74. The van der Waals surface area contributed by atoms with Gasteiger partial charge in [-0.3, -0.25) is 4.79 Å². The molecule has 6 heteroatoms. The molecule has 0 spiro atoms. The Balaban J connectivity index is 2.72. The summed E-state index contributed by atoms with van der Waals surface area (Å²) in [5.41, 5.74) is 0. The summed E-state index contributed by atoms with van der Waals surface area (Å²) in [6.45, 7) is 12.8. The van der Waals surface area contributed by atoms with E-state index in [1.54, 1.807) is 6.92 Å². The van der Waals surface area contributed by atoms with Crippen LogP contribution in [0.5, 0.6) is 0 Å². The van der Waals surface area contributed by atoms with Gasteiger partial charge in [-0.05, 0) is 31.5 Å². The minimum absolute atomic E-state index is 0.0799. The molecule has 1 unspecified atom stereocenters. The highest BCUT2D eigenvalue weighted by Crippen LogP contribution is 2.37. The molecule has 1 aliphatic heterocycles. The van der Waals surface area contributed by atoms with Crippen LogP contribution in [0.15, 0.2) is 0 Å². The molecule has 2 atom stereocenters. The summed E-state index contributed by atoms with van der Waals surface area (Å²) < 4.78 is 6.14. The highest BCUT2D eigenvalue weighted by Gasteiger charge is 2.41. The van der Waals surface area contributed by atoms with Gasteiger partial charge >= 0.3 is 5.97 Å². The maximum atomic E-state index is 11.9. The lowest BCUT2D eigenvalue weighted by Gasteiger charge is -2.38. The maximum absolute atomic E-state index is 11.9. The Bertz CT molecular complexity index is 389. The van der Waals surface area contributed by atoms with Crippen LogP contribution in [0.2, 0.25) is 18.1 Å². The van der Waals surface area contributed by atoms with Gasteiger partial charge in [0.2, 0.25) is 5.91 Å². The quantitative estimate of drug-likeness (QED) is 0.792. The van der Waals surface area contributed by atoms with E-state index in [1.165, 1.54) is 4.90 Å². The number of carbonyl (C=O) groups is 2. The smallest absolute Gasteiger partial charge is 0.326 e. The zero-order valence-electron chi connectivity index (χ0n) is 13.4. The number of carbonyl (C=O) groups excluding carboxylic acids is 1. The molecule has 0 bridgehead atoms. The van der Waals surface area contributed by atoms with Crippen LogP contribution in [0, 0.1) is 0 Å². The Morgan fingerprint density at radius 3 is 2.50 bits per heavy atom. The second kappa shape index (κ2) is 5.85. The summed E-state index contributed by atoms with van der Waals surface area (Å²) in [5, 5.41) is 9.22. The molecule has 1 amide bonds. The van der Waals surface area contributed by atoms with Gasteiger partial charge in [0.25, 0.3) is 0 Å². The third-order valence-electron chi connectivity index (χ3n) is 4.59. The topological polar surface area (TPSA) is 66.8 Å². The molecule has 1 aliphatic rings. The molecule has 1 heterocycles. The second-order valence-corrected chi connectivity index (χ2v) is 11.9. The highest BCUT2D eigenvalue weighted by atomic mass is 28.4. The standard InChI is InChI=1S/C14H27NO4Si/c1-10(13(17)18)15-11(7-8-12(15)16)9-19-20(5,6)14(2,3)4/h10-11H,7-9H2,1-6H3,(H,17,18)/t10?,11-/m1/s1. The average Bonchev–Trinajstić information content (AvgIpc) is 2.65. The van der Waals surface area contributed by atoms with E-state index >= 15 is 0 Å². The summed E-state index contributed by atoms with van der Waals surface area (Å²) in [6.07, 6.45) is 1.11. The van der Waals surface area contributed by atoms with Crippen LogP contribution in [-0.4, -0.2) is 48.9 Å². The molecule has 0 aromatic heterocycles. The first-order valence-electron chi connectivity index (χ1n) is 7.15. The Kier molecular flexibility index (Phi) is 5.02. The molecule has 0 saturated carbocycles. The van der Waals surface area contributed by atoms with Crippen LogP contribution < -0.4 is 0 Å². The molecule has 1 saturated heterocycles. The number of nitrogens with zero attached hydrogens (tertiary/aromatic N) is 1. The number of hydrogen-bond acceptors (Lipinski definition) is 3. The first-order valence-corrected chi connectivity index (χ1v) is 10.1. The lowest BCUT2D eigenvalue weighted by molar-refractivity contribution is -0.149. The maximum Gasteiger partial charge on any atom is 0.326 e. The average molecular weight is 301 g/mol. The number of carboxylic acids is 1. The molecule has 1 N–H and O–H groups in total. The lowest BCUT2D eigenvalue weighted by atomic mass is 10.2. The summed E-state index contributed by atoms with van der Waals surface area (Å²) in [6, 6.07) is -0.888. The van der Waals surface area contributed by atoms with Crippen LogP contribution in [0.25, 0.3) is 0 Å². The fourth-order valence-corrected chi connectivity index (χ4v) is 3.14. The first-order chi connectivity index (χ1) is 8.97. The molecule has 0 aromatic carbocycles. The largest absolute Gasteiger partial charge is 0.480 e. The van der Waals surface area contributed by atoms with Gasteiger partial charge in [-0.2, -0.15) is 0 Å². The van der Waals surface area contributed by atoms with Gasteiger partial charge in [0, 0.05) is 6.42 Å². The molecule has 0 aliphatic carbocycles. The van der Waals surface area contributed by atoms with Crippen molar-refractivity contribution in [3.63, 3.8) is 0 Å². The Morgan fingerprint density at radius 1 is 1.50 bits per heavy atom. The third kappa shape index (κ3) is 3.61. The normalized spacial score (nSPS) is 22.2. The SMILES string of the molecule is CC(C(=O)O)N1C(=O)CC[C@@H]1CO[Si](C)(C)C(C)(C)C. The van der Waals surface area contributed by atoms with Crippen LogP contribution in [0.4, 0.5) is 0 Å². The number of amides is 1. The predicted molar refractivity (Wildman–Crippen MR) is 80.1 cm³/mol. The van der Waals surface area contributed by atoms with E-state index < -0.39 is 20.3 Å². The second-order valence-electron chi connectivity index (χ2n) is 7.08. The molecular weight excluding hydrogens is 274 g/mol. The summed E-state index contributed by atoms with van der Waals surface area (Å²) in [4.78, 5) is 24.5. The van der Waals surface area contributed by atoms with Gasteiger partial charge in [-0.1, -0.05) is 20.8 Å². The van der Waals surface area contributed by atoms with E-state index in [-0.39, 0.29) is 17.0 Å². The lowest BCUT2D eigenvalue weighted by Crippen LogP contribution is -2.49. The fourth-order valence-electron chi connectivity index (χ4n) is 2.10. The molecule has 0 aromatic rings. The monoisotopic (exact) mass is 301 g/mol. The number of carboxylic acid groups (broad SMARTS) is 1. The Labute approximate surface area is 122 Å². The van der Waals surface area contributed by atoms with Crippen molar-refractivity contribution in [2.24, 2.45) is 0 Å². The van der Waals surface area contributed by atoms with Gasteiger partial charge in [-0.15, -0.1) is 0 Å². The van der Waals surface area contributed by atoms with Gasteiger partial charge in [0.05, 0.1) is 12.6 Å². The Morgan fingerprint density at radius 2 is 2.05 bits per heavy atom. The van der Waals surface area contributed by atoms with Gasteiger partial charge < -0.3 is 14.4 Å². The molecule has 0 radical (unpaired) electrons. The van der Waals surface area contributed by atoms with Crippen molar-refractivity contribution in [2.75, 3.05) is 6.61 Å². The van der Waals surface area contributed by atoms with E-state index in [0.717, 1.165) is 0 Å². The first kappa shape index (κ1) is 17.2. The van der Waals surface area contributed by atoms with Crippen molar-refractivity contribution in [1.82, 2.24) is 4.90 Å². The number of rotatable bonds is 5.